The van der Waals surface area contributed by atoms with Gasteiger partial charge in [0.2, 0.25) is 0 Å². The van der Waals surface area contributed by atoms with Crippen molar-refractivity contribution in [3.05, 3.63) is 94.9 Å². The van der Waals surface area contributed by atoms with Crippen molar-refractivity contribution in [3.63, 3.8) is 0 Å². The summed E-state index contributed by atoms with van der Waals surface area (Å²) in [4.78, 5) is 5.21. The summed E-state index contributed by atoms with van der Waals surface area (Å²) in [6.07, 6.45) is 4.82. The third kappa shape index (κ3) is 4.79. The van der Waals surface area contributed by atoms with E-state index in [1.165, 1.54) is 39.6 Å². The molecule has 1 fully saturated rings. The summed E-state index contributed by atoms with van der Waals surface area (Å²) in [6, 6.07) is 17.6. The number of nitrogens with zero attached hydrogens (tertiary/aromatic N) is 1. The van der Waals surface area contributed by atoms with Crippen LogP contribution in [0, 0.1) is 30.2 Å². The first-order valence-electron chi connectivity index (χ1n) is 9.38. The molecular weight excluding hydrogens is 437 g/mol. The summed E-state index contributed by atoms with van der Waals surface area (Å²) in [7, 11) is 7.93. The van der Waals surface area contributed by atoms with Crippen LogP contribution >= 0.6 is 18.6 Å². The van der Waals surface area contributed by atoms with E-state index in [2.05, 4.69) is 95.2 Å². The molecule has 5 heteroatoms. The third-order valence-electron chi connectivity index (χ3n) is 4.94. The van der Waals surface area contributed by atoms with Crippen LogP contribution in [0.4, 0.5) is 0 Å². The van der Waals surface area contributed by atoms with Crippen LogP contribution in [0.25, 0.3) is 16.1 Å². The van der Waals surface area contributed by atoms with Crippen LogP contribution in [0.15, 0.2) is 48.5 Å². The molecule has 0 spiro atoms. The van der Waals surface area contributed by atoms with E-state index in [1.54, 1.807) is 0 Å². The number of hydrogen-bond donors (Lipinski definition) is 0. The molecule has 0 N–H and O–H groups in total. The molecule has 0 aliphatic heterocycles. The number of halogens is 2. The molecule has 0 atom stereocenters. The van der Waals surface area contributed by atoms with Crippen LogP contribution in [0.3, 0.4) is 0 Å². The molecular formula is C23H25Cl2NSiTi-. The Balaban J connectivity index is 0.000000706. The Morgan fingerprint density at radius 3 is 1.46 bits per heavy atom. The van der Waals surface area contributed by atoms with Gasteiger partial charge in [0.25, 0.3) is 0 Å². The maximum atomic E-state index is 5.21. The molecule has 0 saturated heterocycles. The zero-order valence-electron chi connectivity index (χ0n) is 17.0. The van der Waals surface area contributed by atoms with E-state index in [1.807, 2.05) is 0 Å². The molecule has 2 aromatic rings. The Bertz CT molecular complexity index is 765. The van der Waals surface area contributed by atoms with Crippen molar-refractivity contribution in [1.82, 2.24) is 0 Å². The quantitative estimate of drug-likeness (QED) is 0.411. The summed E-state index contributed by atoms with van der Waals surface area (Å²) in [6.45, 7) is 11.3. The van der Waals surface area contributed by atoms with Crippen molar-refractivity contribution in [2.45, 2.75) is 39.4 Å². The molecule has 4 rings (SSSR count). The van der Waals surface area contributed by atoms with Crippen molar-refractivity contribution >= 4 is 26.8 Å². The summed E-state index contributed by atoms with van der Waals surface area (Å²) in [5.74, 6) is 2.74. The second-order valence-electron chi connectivity index (χ2n) is 8.58. The van der Waals surface area contributed by atoms with Gasteiger partial charge in [-0.05, 0) is 40.6 Å². The molecule has 0 unspecified atom stereocenters. The van der Waals surface area contributed by atoms with Gasteiger partial charge in [-0.25, -0.2) is 0 Å². The molecule has 0 heterocycles. The standard InChI is InChI=1S/C23H25NSi.2ClH.Ti/c1-23(2,3)24-25(4,5)16-14-21-19-12-8-6-10-17(19)18-11-7-9-13-20(18)22(21)15-16;;;/h6-15H,1-5H3;2*1H;/q-1;;;+2/p-2. The van der Waals surface area contributed by atoms with E-state index in [4.69, 9.17) is 23.6 Å². The van der Waals surface area contributed by atoms with Gasteiger partial charge in [-0.2, -0.15) is 0 Å². The molecule has 28 heavy (non-hydrogen) atoms. The van der Waals surface area contributed by atoms with Gasteiger partial charge in [0, 0.05) is 11.8 Å². The van der Waals surface area contributed by atoms with Crippen LogP contribution in [-0.4, -0.2) is 13.8 Å². The zero-order valence-corrected chi connectivity index (χ0v) is 21.1. The average molecular weight is 462 g/mol. The van der Waals surface area contributed by atoms with Crippen LogP contribution in [0.2, 0.25) is 13.1 Å². The van der Waals surface area contributed by atoms with Gasteiger partial charge in [-0.15, -0.1) is 5.54 Å². The Morgan fingerprint density at radius 2 is 1.11 bits per heavy atom. The van der Waals surface area contributed by atoms with E-state index in [9.17, 15) is 0 Å². The van der Waals surface area contributed by atoms with Gasteiger partial charge in [0.1, 0.15) is 0 Å². The minimum atomic E-state index is -1.85. The van der Waals surface area contributed by atoms with E-state index in [0.717, 1.165) is 0 Å². The van der Waals surface area contributed by atoms with Crippen molar-refractivity contribution < 1.29 is 17.0 Å². The second-order valence-corrected chi connectivity index (χ2v) is 15.1. The van der Waals surface area contributed by atoms with Crippen LogP contribution in [0.1, 0.15) is 31.9 Å². The predicted octanol–water partition coefficient (Wildman–Crippen LogP) is 7.50. The van der Waals surface area contributed by atoms with E-state index >= 15 is 0 Å². The van der Waals surface area contributed by atoms with E-state index in [-0.39, 0.29) is 5.54 Å². The monoisotopic (exact) mass is 461 g/mol. The molecule has 1 saturated carbocycles. The van der Waals surface area contributed by atoms with Crippen LogP contribution in [0.5, 0.6) is 0 Å². The molecule has 2 aliphatic rings. The number of fused-ring (bicyclic) bond motifs is 6. The molecule has 2 aromatic carbocycles. The second kappa shape index (κ2) is 8.96. The Morgan fingerprint density at radius 1 is 0.750 bits per heavy atom. The summed E-state index contributed by atoms with van der Waals surface area (Å²) >= 11 is -0.556. The molecule has 1 nitrogen and oxygen atoms in total. The fourth-order valence-corrected chi connectivity index (χ4v) is 6.92. The van der Waals surface area contributed by atoms with E-state index in [0.29, 0.717) is 0 Å². The zero-order chi connectivity index (χ0) is 20.5. The van der Waals surface area contributed by atoms with Gasteiger partial charge in [0.15, 0.2) is 0 Å². The van der Waals surface area contributed by atoms with Crippen molar-refractivity contribution in [3.8, 4) is 11.1 Å². The topological polar surface area (TPSA) is 14.1 Å². The SMILES string of the molecule is CC(C)(C)[N-][Si](C)(C)[C]1[CH][C]2[C]([CH]1)c1ccccc1-c1ccccc12.[Cl][Ti][Cl]. The van der Waals surface area contributed by atoms with E-state index < -0.39 is 25.3 Å². The van der Waals surface area contributed by atoms with Gasteiger partial charge >= 0.3 is 35.6 Å². The normalized spacial score (nSPS) is 17.2. The molecule has 0 amide bonds. The average Bonchev–Trinajstić information content (AvgIpc) is 3.07. The Kier molecular flexibility index (Phi) is 7.23. The third-order valence-corrected chi connectivity index (χ3v) is 7.87. The van der Waals surface area contributed by atoms with Gasteiger partial charge < -0.3 is 4.98 Å². The number of hydrogen-bond acceptors (Lipinski definition) is 0. The molecule has 0 bridgehead atoms. The predicted molar refractivity (Wildman–Crippen MR) is 121 cm³/mol. The van der Waals surface area contributed by atoms with Gasteiger partial charge in [-0.1, -0.05) is 90.6 Å². The maximum absolute atomic E-state index is 5.21. The number of rotatable bonds is 2. The van der Waals surface area contributed by atoms with Crippen molar-refractivity contribution in [2.24, 2.45) is 0 Å². The van der Waals surface area contributed by atoms with Crippen LogP contribution in [-0.2, 0) is 17.0 Å². The summed E-state index contributed by atoms with van der Waals surface area (Å²) in [5, 5.41) is 0. The van der Waals surface area contributed by atoms with Crippen molar-refractivity contribution in [1.29, 1.82) is 0 Å². The Hall–Kier alpha value is -0.0888. The molecule has 145 valence electrons. The molecule has 2 aliphatic carbocycles. The minimum absolute atomic E-state index is 0.00329. The molecule has 5 radical (unpaired) electrons. The van der Waals surface area contributed by atoms with Crippen LogP contribution < -0.4 is 0 Å². The first-order chi connectivity index (χ1) is 13.2. The molecule has 0 aromatic heterocycles. The van der Waals surface area contributed by atoms with Crippen molar-refractivity contribution in [2.75, 3.05) is 0 Å². The summed E-state index contributed by atoms with van der Waals surface area (Å²) < 4.78 is 0. The first-order valence-corrected chi connectivity index (χ1v) is 16.6. The van der Waals surface area contributed by atoms with Gasteiger partial charge in [0.05, 0.1) is 0 Å². The fourth-order valence-electron chi connectivity index (χ4n) is 4.12. The first kappa shape index (κ1) is 22.6. The Labute approximate surface area is 188 Å². The fraction of sp³-hybridized carbons (Fsp3) is 0.261. The number of benzene rings is 2. The summed E-state index contributed by atoms with van der Waals surface area (Å²) in [5.41, 5.74) is 6.82. The van der Waals surface area contributed by atoms with Gasteiger partial charge in [-0.3, -0.25) is 0 Å².